The second-order valence-electron chi connectivity index (χ2n) is 3.31. The second kappa shape index (κ2) is 4.38. The average Bonchev–Trinajstić information content (AvgIpc) is 2.09. The topological polar surface area (TPSA) is 23.8 Å². The minimum Gasteiger partial charge on any atom is -0.198 e. The minimum atomic E-state index is 0.260. The summed E-state index contributed by atoms with van der Waals surface area (Å²) in [7, 11) is 0. The Bertz CT molecular complexity index is 139. The van der Waals surface area contributed by atoms with Crippen LogP contribution in [0.4, 0.5) is 0 Å². The lowest BCUT2D eigenvalue weighted by atomic mass is 9.79. The molecule has 0 amide bonds. The van der Waals surface area contributed by atoms with E-state index in [4.69, 9.17) is 5.26 Å². The third-order valence-electron chi connectivity index (χ3n) is 2.55. The Morgan fingerprint density at radius 2 is 2.00 bits per heavy atom. The zero-order valence-electron chi connectivity index (χ0n) is 7.27. The molecule has 1 aliphatic carbocycles. The van der Waals surface area contributed by atoms with Crippen LogP contribution in [0.15, 0.2) is 0 Å². The van der Waals surface area contributed by atoms with Gasteiger partial charge in [-0.2, -0.15) is 5.26 Å². The second-order valence-corrected chi connectivity index (χ2v) is 3.31. The summed E-state index contributed by atoms with van der Waals surface area (Å²) in [5.41, 5.74) is 0. The average molecular weight is 150 g/mol. The van der Waals surface area contributed by atoms with E-state index in [9.17, 15) is 0 Å². The van der Waals surface area contributed by atoms with Crippen LogP contribution in [-0.2, 0) is 0 Å². The first-order chi connectivity index (χ1) is 5.38. The highest BCUT2D eigenvalue weighted by atomic mass is 14.3. The maximum atomic E-state index is 8.81. The van der Waals surface area contributed by atoms with Crippen molar-refractivity contribution in [1.82, 2.24) is 0 Å². The van der Waals surface area contributed by atoms with E-state index in [1.54, 1.807) is 0 Å². The molecule has 0 saturated heterocycles. The largest absolute Gasteiger partial charge is 0.198 e. The van der Waals surface area contributed by atoms with Crippen molar-refractivity contribution in [3.63, 3.8) is 0 Å². The summed E-state index contributed by atoms with van der Waals surface area (Å²) in [6.45, 7) is 2.11. The Labute approximate surface area is 69.4 Å². The van der Waals surface area contributed by atoms with Gasteiger partial charge in [0, 0.05) is 0 Å². The molecule has 11 heavy (non-hydrogen) atoms. The highest BCUT2D eigenvalue weighted by Gasteiger charge is 2.21. The molecule has 1 rings (SSSR count). The Hall–Kier alpha value is -0.510. The van der Waals surface area contributed by atoms with E-state index < -0.39 is 0 Å². The van der Waals surface area contributed by atoms with Gasteiger partial charge in [-0.1, -0.05) is 26.2 Å². The molecule has 0 N–H and O–H groups in total. The van der Waals surface area contributed by atoms with Crippen LogP contribution < -0.4 is 0 Å². The standard InChI is InChI=1S/C10H16N/c1-2-9(8-11)10-6-4-3-5-7-10/h9H,2-7H2,1H3. The normalized spacial score (nSPS) is 22.5. The lowest BCUT2D eigenvalue weighted by Crippen LogP contribution is -2.13. The SMILES string of the molecule is CCC(C#N)[C]1CCCCC1. The molecular formula is C10H16N. The van der Waals surface area contributed by atoms with Crippen molar-refractivity contribution in [3.8, 4) is 6.07 Å². The van der Waals surface area contributed by atoms with Crippen molar-refractivity contribution in [3.05, 3.63) is 5.92 Å². The first kappa shape index (κ1) is 8.59. The van der Waals surface area contributed by atoms with E-state index >= 15 is 0 Å². The van der Waals surface area contributed by atoms with Crippen LogP contribution in [0.2, 0.25) is 0 Å². The molecular weight excluding hydrogens is 134 g/mol. The fraction of sp³-hybridized carbons (Fsp3) is 0.800. The van der Waals surface area contributed by atoms with Gasteiger partial charge in [0.25, 0.3) is 0 Å². The van der Waals surface area contributed by atoms with E-state index in [0.29, 0.717) is 0 Å². The summed E-state index contributed by atoms with van der Waals surface area (Å²) in [6.07, 6.45) is 7.43. The van der Waals surface area contributed by atoms with Crippen LogP contribution in [0, 0.1) is 23.2 Å². The molecule has 1 heteroatoms. The molecule has 1 fully saturated rings. The van der Waals surface area contributed by atoms with Crippen LogP contribution in [0.1, 0.15) is 45.4 Å². The van der Waals surface area contributed by atoms with Crippen LogP contribution in [-0.4, -0.2) is 0 Å². The quantitative estimate of drug-likeness (QED) is 0.593. The van der Waals surface area contributed by atoms with Crippen molar-refractivity contribution in [2.45, 2.75) is 45.4 Å². The van der Waals surface area contributed by atoms with Crippen LogP contribution in [0.25, 0.3) is 0 Å². The smallest absolute Gasteiger partial charge is 0.0661 e. The van der Waals surface area contributed by atoms with Crippen molar-refractivity contribution in [1.29, 1.82) is 5.26 Å². The van der Waals surface area contributed by atoms with E-state index in [1.807, 2.05) is 0 Å². The predicted molar refractivity (Wildman–Crippen MR) is 45.7 cm³/mol. The fourth-order valence-electron chi connectivity index (χ4n) is 1.83. The molecule has 0 spiro atoms. The molecule has 0 heterocycles. The van der Waals surface area contributed by atoms with Gasteiger partial charge in [0.05, 0.1) is 12.0 Å². The fourth-order valence-corrected chi connectivity index (χ4v) is 1.83. The Morgan fingerprint density at radius 3 is 2.45 bits per heavy atom. The molecule has 0 aromatic heterocycles. The van der Waals surface area contributed by atoms with Gasteiger partial charge in [-0.05, 0) is 25.2 Å². The lowest BCUT2D eigenvalue weighted by Gasteiger charge is -2.24. The Balaban J connectivity index is 2.38. The number of rotatable bonds is 2. The van der Waals surface area contributed by atoms with Crippen molar-refractivity contribution in [2.24, 2.45) is 5.92 Å². The van der Waals surface area contributed by atoms with E-state index in [2.05, 4.69) is 13.0 Å². The lowest BCUT2D eigenvalue weighted by molar-refractivity contribution is 0.459. The van der Waals surface area contributed by atoms with Crippen LogP contribution in [0.3, 0.4) is 0 Å². The molecule has 1 aliphatic rings. The molecule has 1 radical (unpaired) electrons. The monoisotopic (exact) mass is 150 g/mol. The number of hydrogen-bond donors (Lipinski definition) is 0. The molecule has 1 nitrogen and oxygen atoms in total. The van der Waals surface area contributed by atoms with Gasteiger partial charge in [-0.25, -0.2) is 0 Å². The molecule has 1 atom stereocenters. The van der Waals surface area contributed by atoms with Gasteiger partial charge in [-0.15, -0.1) is 0 Å². The molecule has 0 bridgehead atoms. The molecule has 1 saturated carbocycles. The van der Waals surface area contributed by atoms with Gasteiger partial charge < -0.3 is 0 Å². The van der Waals surface area contributed by atoms with Gasteiger partial charge in [0.1, 0.15) is 0 Å². The minimum absolute atomic E-state index is 0.260. The summed E-state index contributed by atoms with van der Waals surface area (Å²) in [5, 5.41) is 8.81. The number of hydrogen-bond acceptors (Lipinski definition) is 1. The number of nitrogens with zero attached hydrogens (tertiary/aromatic N) is 1. The van der Waals surface area contributed by atoms with Crippen LogP contribution >= 0.6 is 0 Å². The molecule has 0 aliphatic heterocycles. The zero-order valence-corrected chi connectivity index (χ0v) is 7.27. The maximum Gasteiger partial charge on any atom is 0.0661 e. The van der Waals surface area contributed by atoms with E-state index in [1.165, 1.54) is 38.0 Å². The highest BCUT2D eigenvalue weighted by Crippen LogP contribution is 2.32. The predicted octanol–water partition coefficient (Wildman–Crippen LogP) is 3.07. The summed E-state index contributed by atoms with van der Waals surface area (Å²) < 4.78 is 0. The molecule has 0 aromatic carbocycles. The Kier molecular flexibility index (Phi) is 3.42. The first-order valence-electron chi connectivity index (χ1n) is 4.62. The van der Waals surface area contributed by atoms with Crippen molar-refractivity contribution >= 4 is 0 Å². The van der Waals surface area contributed by atoms with Gasteiger partial charge in [-0.3, -0.25) is 0 Å². The van der Waals surface area contributed by atoms with Gasteiger partial charge >= 0.3 is 0 Å². The summed E-state index contributed by atoms with van der Waals surface area (Å²) in [6, 6.07) is 2.38. The highest BCUT2D eigenvalue weighted by molar-refractivity contribution is 5.06. The molecule has 1 unspecified atom stereocenters. The summed E-state index contributed by atoms with van der Waals surface area (Å²) in [4.78, 5) is 0. The molecule has 0 aromatic rings. The Morgan fingerprint density at radius 1 is 1.36 bits per heavy atom. The van der Waals surface area contributed by atoms with Gasteiger partial charge in [0.15, 0.2) is 0 Å². The van der Waals surface area contributed by atoms with Gasteiger partial charge in [0.2, 0.25) is 0 Å². The maximum absolute atomic E-state index is 8.81. The molecule has 61 valence electrons. The van der Waals surface area contributed by atoms with E-state index in [-0.39, 0.29) is 5.92 Å². The number of nitriles is 1. The zero-order chi connectivity index (χ0) is 8.10. The third kappa shape index (κ3) is 2.22. The first-order valence-corrected chi connectivity index (χ1v) is 4.62. The van der Waals surface area contributed by atoms with E-state index in [0.717, 1.165) is 6.42 Å². The van der Waals surface area contributed by atoms with Crippen molar-refractivity contribution < 1.29 is 0 Å². The van der Waals surface area contributed by atoms with Crippen molar-refractivity contribution in [2.75, 3.05) is 0 Å². The van der Waals surface area contributed by atoms with Crippen LogP contribution in [0.5, 0.6) is 0 Å². The summed E-state index contributed by atoms with van der Waals surface area (Å²) >= 11 is 0. The third-order valence-corrected chi connectivity index (χ3v) is 2.55. The summed E-state index contributed by atoms with van der Waals surface area (Å²) in [5.74, 6) is 1.77.